The molecule has 0 bridgehead atoms. The third-order valence-electron chi connectivity index (χ3n) is 2.88. The van der Waals surface area contributed by atoms with E-state index in [2.05, 4.69) is 4.90 Å². The molecule has 0 aliphatic rings. The fraction of sp³-hybridized carbons (Fsp3) is 0.500. The number of hydrogen-bond donors (Lipinski definition) is 1. The second-order valence-corrected chi connectivity index (χ2v) is 5.16. The summed E-state index contributed by atoms with van der Waals surface area (Å²) in [5.74, 6) is 0.525. The topological polar surface area (TPSA) is 55.6 Å². The first-order valence-corrected chi connectivity index (χ1v) is 6.64. The van der Waals surface area contributed by atoms with Gasteiger partial charge in [0.05, 0.1) is 23.4 Å². The highest BCUT2D eigenvalue weighted by atomic mass is 35.5. The molecular formula is C14H21ClN2O2. The second-order valence-electron chi connectivity index (χ2n) is 4.76. The molecule has 0 aromatic heterocycles. The van der Waals surface area contributed by atoms with Crippen molar-refractivity contribution in [2.75, 3.05) is 33.5 Å². The van der Waals surface area contributed by atoms with E-state index in [1.807, 2.05) is 14.1 Å². The number of rotatable bonds is 7. The second kappa shape index (κ2) is 7.36. The van der Waals surface area contributed by atoms with Crippen LogP contribution < -0.4 is 10.5 Å². The minimum atomic E-state index is 0.0394. The Labute approximate surface area is 119 Å². The van der Waals surface area contributed by atoms with Gasteiger partial charge in [-0.25, -0.2) is 0 Å². The van der Waals surface area contributed by atoms with E-state index >= 15 is 0 Å². The van der Waals surface area contributed by atoms with Gasteiger partial charge in [0.15, 0.2) is 5.78 Å². The molecule has 0 heterocycles. The van der Waals surface area contributed by atoms with E-state index in [1.54, 1.807) is 12.1 Å². The number of halogens is 1. The van der Waals surface area contributed by atoms with Crippen LogP contribution in [0.5, 0.6) is 5.75 Å². The summed E-state index contributed by atoms with van der Waals surface area (Å²) in [6.07, 6.45) is 2.33. The Morgan fingerprint density at radius 1 is 1.37 bits per heavy atom. The average Bonchev–Trinajstić information content (AvgIpc) is 2.36. The number of methoxy groups -OCH3 is 1. The Morgan fingerprint density at radius 2 is 2.05 bits per heavy atom. The van der Waals surface area contributed by atoms with Gasteiger partial charge in [0.2, 0.25) is 0 Å². The van der Waals surface area contributed by atoms with Crippen molar-refractivity contribution in [2.45, 2.75) is 19.3 Å². The summed E-state index contributed by atoms with van der Waals surface area (Å²) in [6.45, 7) is 0.979. The molecule has 0 fully saturated rings. The molecule has 2 N–H and O–H groups in total. The Bertz CT molecular complexity index is 447. The smallest absolute Gasteiger partial charge is 0.166 e. The third kappa shape index (κ3) is 4.73. The molecule has 0 saturated carbocycles. The number of unbranched alkanes of at least 4 members (excludes halogenated alkanes) is 1. The monoisotopic (exact) mass is 284 g/mol. The van der Waals surface area contributed by atoms with Crippen LogP contribution in [0, 0.1) is 0 Å². The Morgan fingerprint density at radius 3 is 2.63 bits per heavy atom. The van der Waals surface area contributed by atoms with Gasteiger partial charge in [0.1, 0.15) is 5.75 Å². The molecule has 1 aromatic rings. The lowest BCUT2D eigenvalue weighted by Crippen LogP contribution is -2.13. The third-order valence-corrected chi connectivity index (χ3v) is 3.21. The molecule has 1 aromatic carbocycles. The molecule has 0 amide bonds. The standard InChI is InChI=1S/C14H21ClN2O2/c1-17(2)7-5-4-6-13(18)10-8-11(15)12(16)9-14(10)19-3/h8-9H,4-7,16H2,1-3H3. The predicted molar refractivity (Wildman–Crippen MR) is 79.2 cm³/mol. The molecule has 4 nitrogen and oxygen atoms in total. The van der Waals surface area contributed by atoms with Crippen LogP contribution in [0.3, 0.4) is 0 Å². The summed E-state index contributed by atoms with van der Waals surface area (Å²) in [5, 5.41) is 0.387. The van der Waals surface area contributed by atoms with Gasteiger partial charge in [-0.2, -0.15) is 0 Å². The molecule has 5 heteroatoms. The van der Waals surface area contributed by atoms with Gasteiger partial charge in [-0.3, -0.25) is 4.79 Å². The highest BCUT2D eigenvalue weighted by Crippen LogP contribution is 2.29. The number of carbonyl (C=O) groups excluding carboxylic acids is 1. The average molecular weight is 285 g/mol. The molecule has 1 rings (SSSR count). The molecule has 0 radical (unpaired) electrons. The first-order chi connectivity index (χ1) is 8.95. The molecule has 0 atom stereocenters. The number of benzene rings is 1. The number of Topliss-reactive ketones (excluding diaryl/α,β-unsaturated/α-hetero) is 1. The maximum atomic E-state index is 12.1. The summed E-state index contributed by atoms with van der Waals surface area (Å²) < 4.78 is 5.18. The van der Waals surface area contributed by atoms with Crippen molar-refractivity contribution < 1.29 is 9.53 Å². The Kier molecular flexibility index (Phi) is 6.12. The summed E-state index contributed by atoms with van der Waals surface area (Å²) in [5.41, 5.74) is 6.62. The lowest BCUT2D eigenvalue weighted by Gasteiger charge is -2.11. The van der Waals surface area contributed by atoms with E-state index in [4.69, 9.17) is 22.1 Å². The first-order valence-electron chi connectivity index (χ1n) is 6.26. The van der Waals surface area contributed by atoms with Crippen LogP contribution in [0.1, 0.15) is 29.6 Å². The van der Waals surface area contributed by atoms with Crippen molar-refractivity contribution in [3.8, 4) is 5.75 Å². The van der Waals surface area contributed by atoms with Crippen LogP contribution in [0.15, 0.2) is 12.1 Å². The van der Waals surface area contributed by atoms with Gasteiger partial charge in [-0.05, 0) is 39.5 Å². The first kappa shape index (κ1) is 15.8. The Hall–Kier alpha value is -1.26. The molecule has 106 valence electrons. The van der Waals surface area contributed by atoms with E-state index < -0.39 is 0 Å². The number of carbonyl (C=O) groups is 1. The van der Waals surface area contributed by atoms with Crippen molar-refractivity contribution in [2.24, 2.45) is 0 Å². The number of ketones is 1. The molecule has 0 aliphatic carbocycles. The van der Waals surface area contributed by atoms with E-state index in [-0.39, 0.29) is 5.78 Å². The van der Waals surface area contributed by atoms with Crippen molar-refractivity contribution in [1.82, 2.24) is 4.90 Å². The van der Waals surface area contributed by atoms with Crippen LogP contribution in [-0.2, 0) is 0 Å². The van der Waals surface area contributed by atoms with Gasteiger partial charge in [-0.1, -0.05) is 11.6 Å². The van der Waals surface area contributed by atoms with Crippen LogP contribution in [0.4, 0.5) is 5.69 Å². The van der Waals surface area contributed by atoms with E-state index in [0.29, 0.717) is 28.4 Å². The number of hydrogen-bond acceptors (Lipinski definition) is 4. The fourth-order valence-corrected chi connectivity index (χ4v) is 1.97. The lowest BCUT2D eigenvalue weighted by molar-refractivity contribution is 0.0975. The number of nitrogens with zero attached hydrogens (tertiary/aromatic N) is 1. The quantitative estimate of drug-likeness (QED) is 0.475. The summed E-state index contributed by atoms with van der Waals surface area (Å²) >= 11 is 5.95. The normalized spacial score (nSPS) is 10.8. The van der Waals surface area contributed by atoms with Crippen molar-refractivity contribution >= 4 is 23.1 Å². The number of nitrogens with two attached hydrogens (primary N) is 1. The minimum Gasteiger partial charge on any atom is -0.496 e. The number of ether oxygens (including phenoxy) is 1. The molecule has 0 aliphatic heterocycles. The van der Waals surface area contributed by atoms with Crippen molar-refractivity contribution in [3.63, 3.8) is 0 Å². The van der Waals surface area contributed by atoms with Gasteiger partial charge in [0, 0.05) is 12.5 Å². The van der Waals surface area contributed by atoms with Gasteiger partial charge in [-0.15, -0.1) is 0 Å². The molecule has 0 saturated heterocycles. The molecule has 0 spiro atoms. The minimum absolute atomic E-state index is 0.0394. The maximum absolute atomic E-state index is 12.1. The van der Waals surface area contributed by atoms with Crippen LogP contribution in [0.25, 0.3) is 0 Å². The van der Waals surface area contributed by atoms with Crippen LogP contribution in [0.2, 0.25) is 5.02 Å². The SMILES string of the molecule is COc1cc(N)c(Cl)cc1C(=O)CCCCN(C)C. The highest BCUT2D eigenvalue weighted by molar-refractivity contribution is 6.33. The van der Waals surface area contributed by atoms with Crippen molar-refractivity contribution in [1.29, 1.82) is 0 Å². The van der Waals surface area contributed by atoms with Crippen molar-refractivity contribution in [3.05, 3.63) is 22.7 Å². The highest BCUT2D eigenvalue weighted by Gasteiger charge is 2.14. The lowest BCUT2D eigenvalue weighted by atomic mass is 10.0. The maximum Gasteiger partial charge on any atom is 0.166 e. The van der Waals surface area contributed by atoms with E-state index in [0.717, 1.165) is 19.4 Å². The zero-order valence-corrected chi connectivity index (χ0v) is 12.5. The molecule has 0 unspecified atom stereocenters. The zero-order chi connectivity index (χ0) is 14.4. The fourth-order valence-electron chi connectivity index (χ4n) is 1.80. The number of anilines is 1. The molecule has 19 heavy (non-hydrogen) atoms. The van der Waals surface area contributed by atoms with Crippen LogP contribution in [-0.4, -0.2) is 38.4 Å². The summed E-state index contributed by atoms with van der Waals surface area (Å²) in [6, 6.07) is 3.18. The van der Waals surface area contributed by atoms with E-state index in [1.165, 1.54) is 7.11 Å². The number of nitrogen functional groups attached to an aromatic ring is 1. The molecular weight excluding hydrogens is 264 g/mol. The largest absolute Gasteiger partial charge is 0.496 e. The van der Waals surface area contributed by atoms with Gasteiger partial charge < -0.3 is 15.4 Å². The predicted octanol–water partition coefficient (Wildman–Crippen LogP) is 2.85. The summed E-state index contributed by atoms with van der Waals surface area (Å²) in [4.78, 5) is 14.2. The van der Waals surface area contributed by atoms with Gasteiger partial charge >= 0.3 is 0 Å². The van der Waals surface area contributed by atoms with E-state index in [9.17, 15) is 4.79 Å². The van der Waals surface area contributed by atoms with Crippen LogP contribution >= 0.6 is 11.6 Å². The van der Waals surface area contributed by atoms with Gasteiger partial charge in [0.25, 0.3) is 0 Å². The summed E-state index contributed by atoms with van der Waals surface area (Å²) in [7, 11) is 5.56. The Balaban J connectivity index is 2.68. The zero-order valence-electron chi connectivity index (χ0n) is 11.7.